The average Bonchev–Trinajstić information content (AvgIpc) is 2.03. The molecule has 0 amide bonds. The second-order valence-electron chi connectivity index (χ2n) is 3.26. The minimum absolute atomic E-state index is 0.0121. The maximum Gasteiger partial charge on any atom is 0.159 e. The van der Waals surface area contributed by atoms with Crippen molar-refractivity contribution in [1.82, 2.24) is 9.97 Å². The molecule has 13 heavy (non-hydrogen) atoms. The first-order valence-corrected chi connectivity index (χ1v) is 4.58. The Hall–Kier alpha value is -0.495. The van der Waals surface area contributed by atoms with Crippen LogP contribution in [0.3, 0.4) is 0 Å². The van der Waals surface area contributed by atoms with Crippen molar-refractivity contribution < 1.29 is 4.39 Å². The number of halogens is 1. The van der Waals surface area contributed by atoms with Crippen LogP contribution in [0.5, 0.6) is 0 Å². The Balaban J connectivity index is 2.94. The number of alkyl halides is 1. The summed E-state index contributed by atoms with van der Waals surface area (Å²) < 4.78 is 13.1. The largest absolute Gasteiger partial charge is 0.242 e. The van der Waals surface area contributed by atoms with E-state index in [1.54, 1.807) is 12.4 Å². The topological polar surface area (TPSA) is 25.8 Å². The van der Waals surface area contributed by atoms with E-state index in [1.165, 1.54) is 0 Å². The number of nitrogens with zero attached hydrogens (tertiary/aromatic N) is 2. The first-order valence-electron chi connectivity index (χ1n) is 4.00. The minimum atomic E-state index is -2.03. The maximum absolute atomic E-state index is 13.1. The number of rotatable bonds is 2. The van der Waals surface area contributed by atoms with Gasteiger partial charge in [-0.3, -0.25) is 0 Å². The summed E-state index contributed by atoms with van der Waals surface area (Å²) in [6.07, 6.45) is 3.19. The fourth-order valence-corrected chi connectivity index (χ4v) is 0.983. The van der Waals surface area contributed by atoms with Crippen LogP contribution in [0, 0.1) is 0 Å². The second kappa shape index (κ2) is 3.71. The van der Waals surface area contributed by atoms with Crippen molar-refractivity contribution in [2.24, 2.45) is 0 Å². The highest BCUT2D eigenvalue weighted by Gasteiger charge is 2.21. The molecule has 0 saturated carbocycles. The Bertz CT molecular complexity index is 281. The Kier molecular flexibility index (Phi) is 3.02. The molecule has 1 heterocycles. The van der Waals surface area contributed by atoms with E-state index in [2.05, 4.69) is 9.97 Å². The molecule has 5 heteroatoms. The van der Waals surface area contributed by atoms with Gasteiger partial charge in [-0.2, -0.15) is 0 Å². The molecule has 0 fully saturated rings. The van der Waals surface area contributed by atoms with Crippen molar-refractivity contribution in [3.63, 3.8) is 0 Å². The molecule has 0 spiro atoms. The summed E-state index contributed by atoms with van der Waals surface area (Å²) in [6, 6.07) is 0. The third-order valence-electron chi connectivity index (χ3n) is 1.68. The Morgan fingerprint density at radius 2 is 1.92 bits per heavy atom. The van der Waals surface area contributed by atoms with Crippen molar-refractivity contribution in [3.8, 4) is 0 Å². The van der Waals surface area contributed by atoms with Crippen LogP contribution >= 0.6 is 9.24 Å². The number of aromatic nitrogens is 2. The molecule has 0 bridgehead atoms. The van der Waals surface area contributed by atoms with Gasteiger partial charge in [0, 0.05) is 12.4 Å². The van der Waals surface area contributed by atoms with Crippen LogP contribution in [0.25, 0.3) is 0 Å². The van der Waals surface area contributed by atoms with Crippen molar-refractivity contribution in [2.45, 2.75) is 25.1 Å². The lowest BCUT2D eigenvalue weighted by Gasteiger charge is -2.13. The molecule has 1 aromatic heterocycles. The standard InChI is InChI=1S/C8H11BFN2P/c1-5(2)6-3-11-7(12-4-6)8(9,10)13/h3-5H,13H2,1-2H3. The van der Waals surface area contributed by atoms with E-state index in [0.29, 0.717) is 5.92 Å². The second-order valence-corrected chi connectivity index (χ2v) is 4.10. The summed E-state index contributed by atoms with van der Waals surface area (Å²) in [7, 11) is 7.01. The molecule has 2 unspecified atom stereocenters. The molecule has 0 aliphatic carbocycles. The Morgan fingerprint density at radius 3 is 2.23 bits per heavy atom. The van der Waals surface area contributed by atoms with Crippen LogP contribution in [0.4, 0.5) is 4.39 Å². The Morgan fingerprint density at radius 1 is 1.46 bits per heavy atom. The molecule has 68 valence electrons. The van der Waals surface area contributed by atoms with Gasteiger partial charge in [0.15, 0.2) is 5.82 Å². The van der Waals surface area contributed by atoms with Gasteiger partial charge in [-0.1, -0.05) is 23.1 Å². The SMILES string of the molecule is [B]C(F)(P)c1ncc(C(C)C)cn1. The predicted octanol–water partition coefficient (Wildman–Crippen LogP) is 1.72. The molecule has 0 aromatic carbocycles. The summed E-state index contributed by atoms with van der Waals surface area (Å²) >= 11 is 0. The lowest BCUT2D eigenvalue weighted by Crippen LogP contribution is -2.15. The van der Waals surface area contributed by atoms with Crippen LogP contribution < -0.4 is 0 Å². The van der Waals surface area contributed by atoms with E-state index in [1.807, 2.05) is 23.1 Å². The van der Waals surface area contributed by atoms with Crippen molar-refractivity contribution in [3.05, 3.63) is 23.8 Å². The first-order chi connectivity index (χ1) is 5.91. The van der Waals surface area contributed by atoms with E-state index in [-0.39, 0.29) is 5.82 Å². The predicted molar refractivity (Wildman–Crippen MR) is 54.4 cm³/mol. The van der Waals surface area contributed by atoms with Crippen LogP contribution in [0.1, 0.15) is 31.2 Å². The zero-order chi connectivity index (χ0) is 10.1. The van der Waals surface area contributed by atoms with Gasteiger partial charge in [-0.25, -0.2) is 14.4 Å². The molecular formula is C8H11BFN2P. The van der Waals surface area contributed by atoms with Crippen LogP contribution in [0.2, 0.25) is 0 Å². The molecule has 1 rings (SSSR count). The summed E-state index contributed by atoms with van der Waals surface area (Å²) in [5, 5.41) is -2.03. The molecule has 2 atom stereocenters. The van der Waals surface area contributed by atoms with E-state index in [9.17, 15) is 4.39 Å². The third-order valence-corrected chi connectivity index (χ3v) is 1.94. The van der Waals surface area contributed by atoms with Crippen LogP contribution in [0.15, 0.2) is 12.4 Å². The monoisotopic (exact) mass is 196 g/mol. The third kappa shape index (κ3) is 2.73. The first kappa shape index (κ1) is 10.6. The zero-order valence-corrected chi connectivity index (χ0v) is 8.81. The summed E-state index contributed by atoms with van der Waals surface area (Å²) in [4.78, 5) is 7.68. The molecule has 2 radical (unpaired) electrons. The van der Waals surface area contributed by atoms with Crippen molar-refractivity contribution in [2.75, 3.05) is 0 Å². The van der Waals surface area contributed by atoms with E-state index in [4.69, 9.17) is 7.85 Å². The smallest absolute Gasteiger partial charge is 0.159 e. The van der Waals surface area contributed by atoms with Gasteiger partial charge in [-0.15, -0.1) is 0 Å². The van der Waals surface area contributed by atoms with E-state index >= 15 is 0 Å². The molecule has 0 aliphatic rings. The van der Waals surface area contributed by atoms with Gasteiger partial charge in [0.05, 0.1) is 0 Å². The van der Waals surface area contributed by atoms with E-state index < -0.39 is 5.31 Å². The molecule has 0 saturated heterocycles. The highest BCUT2D eigenvalue weighted by molar-refractivity contribution is 7.21. The minimum Gasteiger partial charge on any atom is -0.242 e. The average molecular weight is 196 g/mol. The van der Waals surface area contributed by atoms with Crippen molar-refractivity contribution in [1.29, 1.82) is 0 Å². The normalized spacial score (nSPS) is 15.8. The van der Waals surface area contributed by atoms with Gasteiger partial charge in [-0.05, 0) is 11.5 Å². The van der Waals surface area contributed by atoms with Crippen molar-refractivity contribution >= 4 is 17.1 Å². The van der Waals surface area contributed by atoms with Crippen LogP contribution in [-0.2, 0) is 5.31 Å². The van der Waals surface area contributed by atoms with Crippen LogP contribution in [-0.4, -0.2) is 17.8 Å². The van der Waals surface area contributed by atoms with Gasteiger partial charge in [0.25, 0.3) is 0 Å². The molecule has 1 aromatic rings. The van der Waals surface area contributed by atoms with Gasteiger partial charge >= 0.3 is 0 Å². The summed E-state index contributed by atoms with van der Waals surface area (Å²) in [5.41, 5.74) is 0.970. The Labute approximate surface area is 81.0 Å². The van der Waals surface area contributed by atoms with Gasteiger partial charge < -0.3 is 0 Å². The lowest BCUT2D eigenvalue weighted by molar-refractivity contribution is 0.393. The number of hydrogen-bond acceptors (Lipinski definition) is 2. The highest BCUT2D eigenvalue weighted by Crippen LogP contribution is 2.26. The van der Waals surface area contributed by atoms with Gasteiger partial charge in [0.2, 0.25) is 0 Å². The zero-order valence-electron chi connectivity index (χ0n) is 7.66. The molecule has 0 aliphatic heterocycles. The quantitative estimate of drug-likeness (QED) is 0.531. The summed E-state index contributed by atoms with van der Waals surface area (Å²) in [5.74, 6) is 0.326. The molecular weight excluding hydrogens is 185 g/mol. The molecule has 2 nitrogen and oxygen atoms in total. The highest BCUT2D eigenvalue weighted by atomic mass is 31.0. The van der Waals surface area contributed by atoms with Gasteiger partial charge in [0.1, 0.15) is 13.2 Å². The fourth-order valence-electron chi connectivity index (χ4n) is 0.834. The molecule has 0 N–H and O–H groups in total. The fraction of sp³-hybridized carbons (Fsp3) is 0.500. The van der Waals surface area contributed by atoms with E-state index in [0.717, 1.165) is 5.56 Å². The number of hydrogen-bond donors (Lipinski definition) is 0. The summed E-state index contributed by atoms with van der Waals surface area (Å²) in [6.45, 7) is 4.04. The lowest BCUT2D eigenvalue weighted by atomic mass is 10.00. The maximum atomic E-state index is 13.1.